The first kappa shape index (κ1) is 21.7. The number of aromatic amines is 1. The zero-order chi connectivity index (χ0) is 23.0. The molecule has 3 aromatic heterocycles. The van der Waals surface area contributed by atoms with Crippen LogP contribution in [0.5, 0.6) is 0 Å². The molecule has 0 radical (unpaired) electrons. The first-order valence-corrected chi connectivity index (χ1v) is 12.7. The largest absolute Gasteiger partial charge is 0.392 e. The number of aromatic nitrogens is 3. The van der Waals surface area contributed by atoms with Gasteiger partial charge in [-0.15, -0.1) is 11.3 Å². The quantitative estimate of drug-likeness (QED) is 0.387. The van der Waals surface area contributed by atoms with Crippen LogP contribution in [0.3, 0.4) is 0 Å². The number of carbonyl (C=O) groups excluding carboxylic acids is 1. The van der Waals surface area contributed by atoms with Crippen LogP contribution in [0.25, 0.3) is 22.3 Å². The summed E-state index contributed by atoms with van der Waals surface area (Å²) in [5, 5.41) is 15.7. The van der Waals surface area contributed by atoms with Gasteiger partial charge < -0.3 is 15.4 Å². The van der Waals surface area contributed by atoms with Gasteiger partial charge in [0.15, 0.2) is 5.13 Å². The van der Waals surface area contributed by atoms with Gasteiger partial charge in [0, 0.05) is 41.8 Å². The maximum atomic E-state index is 12.8. The fourth-order valence-corrected chi connectivity index (χ4v) is 6.16. The lowest BCUT2D eigenvalue weighted by Gasteiger charge is -2.16. The second-order valence-electron chi connectivity index (χ2n) is 7.82. The maximum absolute atomic E-state index is 12.8. The summed E-state index contributed by atoms with van der Waals surface area (Å²) < 4.78 is 26.9. The Balaban J connectivity index is 1.28. The first-order chi connectivity index (χ1) is 15.9. The molecule has 0 spiro atoms. The van der Waals surface area contributed by atoms with Gasteiger partial charge in [0.25, 0.3) is 0 Å². The van der Waals surface area contributed by atoms with Crippen LogP contribution in [-0.4, -0.2) is 57.9 Å². The molecule has 4 heterocycles. The van der Waals surface area contributed by atoms with Crippen LogP contribution >= 0.6 is 11.3 Å². The highest BCUT2D eigenvalue weighted by molar-refractivity contribution is 7.89. The van der Waals surface area contributed by atoms with Crippen LogP contribution in [-0.2, 0) is 21.2 Å². The summed E-state index contributed by atoms with van der Waals surface area (Å²) in [6.45, 7) is 0.374. The number of nitrogens with one attached hydrogen (secondary N) is 2. The van der Waals surface area contributed by atoms with E-state index < -0.39 is 16.1 Å². The number of pyridine rings is 1. The van der Waals surface area contributed by atoms with Gasteiger partial charge in [-0.3, -0.25) is 4.79 Å². The van der Waals surface area contributed by atoms with Gasteiger partial charge in [0.05, 0.1) is 23.1 Å². The highest BCUT2D eigenvalue weighted by Gasteiger charge is 2.31. The van der Waals surface area contributed by atoms with Gasteiger partial charge in [-0.05, 0) is 36.2 Å². The Morgan fingerprint density at radius 1 is 1.30 bits per heavy atom. The van der Waals surface area contributed by atoms with E-state index in [4.69, 9.17) is 0 Å². The number of benzene rings is 1. The van der Waals surface area contributed by atoms with Gasteiger partial charge in [-0.25, -0.2) is 18.4 Å². The summed E-state index contributed by atoms with van der Waals surface area (Å²) in [5.41, 5.74) is 2.98. The molecule has 1 saturated heterocycles. The van der Waals surface area contributed by atoms with Crippen molar-refractivity contribution in [3.8, 4) is 11.3 Å². The average Bonchev–Trinajstić information content (AvgIpc) is 3.53. The molecule has 0 aliphatic carbocycles. The van der Waals surface area contributed by atoms with Gasteiger partial charge >= 0.3 is 0 Å². The number of anilines is 1. The van der Waals surface area contributed by atoms with Crippen LogP contribution in [0.2, 0.25) is 0 Å². The van der Waals surface area contributed by atoms with E-state index in [0.717, 1.165) is 22.3 Å². The number of hydrogen-bond acceptors (Lipinski definition) is 7. The predicted octanol–water partition coefficient (Wildman–Crippen LogP) is 2.62. The van der Waals surface area contributed by atoms with Crippen molar-refractivity contribution >= 4 is 43.4 Å². The lowest BCUT2D eigenvalue weighted by Crippen LogP contribution is -2.29. The standard InChI is InChI=1S/C22H21N5O4S2/c28-15-6-8-27(12-15)33(30,31)16-4-1-3-14(9-16)10-20(29)26-22-25-19(13-32-22)18-11-24-21-17(18)5-2-7-23-21/h1-5,7,9,11,13,15,28H,6,8,10,12H2,(H,23,24)(H,25,26,29). The molecule has 0 saturated carbocycles. The molecule has 1 aliphatic heterocycles. The molecule has 1 aromatic carbocycles. The molecule has 3 N–H and O–H groups in total. The topological polar surface area (TPSA) is 128 Å². The van der Waals surface area contributed by atoms with Crippen LogP contribution in [0.4, 0.5) is 5.13 Å². The van der Waals surface area contributed by atoms with E-state index in [0.29, 0.717) is 17.1 Å². The van der Waals surface area contributed by atoms with Crippen LogP contribution in [0.15, 0.2) is 59.1 Å². The fraction of sp³-hybridized carbons (Fsp3) is 0.227. The lowest BCUT2D eigenvalue weighted by atomic mass is 10.1. The second-order valence-corrected chi connectivity index (χ2v) is 10.6. The number of rotatable bonds is 6. The van der Waals surface area contributed by atoms with E-state index in [1.54, 1.807) is 18.3 Å². The molecular weight excluding hydrogens is 462 g/mol. The Hall–Kier alpha value is -3.12. The third-order valence-electron chi connectivity index (χ3n) is 5.50. The van der Waals surface area contributed by atoms with Gasteiger partial charge in [0.1, 0.15) is 5.65 Å². The molecule has 1 amide bonds. The minimum atomic E-state index is -3.71. The molecule has 33 heavy (non-hydrogen) atoms. The number of β-amino-alcohol motifs (C(OH)–C–C–N with tert-alkyl or cyclic N) is 1. The molecule has 5 rings (SSSR count). The summed E-state index contributed by atoms with van der Waals surface area (Å²) in [5.74, 6) is -0.289. The first-order valence-electron chi connectivity index (χ1n) is 10.3. The van der Waals surface area contributed by atoms with Crippen LogP contribution in [0, 0.1) is 0 Å². The van der Waals surface area contributed by atoms with Crippen molar-refractivity contribution in [2.45, 2.75) is 23.8 Å². The summed E-state index contributed by atoms with van der Waals surface area (Å²) in [6.07, 6.45) is 3.34. The Labute approximate surface area is 194 Å². The molecule has 170 valence electrons. The van der Waals surface area contributed by atoms with Crippen molar-refractivity contribution in [2.75, 3.05) is 18.4 Å². The highest BCUT2D eigenvalue weighted by atomic mass is 32.2. The summed E-state index contributed by atoms with van der Waals surface area (Å²) in [4.78, 5) is 24.6. The number of hydrogen-bond donors (Lipinski definition) is 3. The fourth-order valence-electron chi connectivity index (χ4n) is 3.87. The van der Waals surface area contributed by atoms with E-state index in [1.165, 1.54) is 27.8 Å². The zero-order valence-corrected chi connectivity index (χ0v) is 19.1. The molecular formula is C22H21N5O4S2. The summed E-state index contributed by atoms with van der Waals surface area (Å²) in [7, 11) is -3.71. The van der Waals surface area contributed by atoms with Crippen molar-refractivity contribution in [1.29, 1.82) is 0 Å². The number of aliphatic hydroxyl groups is 1. The summed E-state index contributed by atoms with van der Waals surface area (Å²) in [6, 6.07) is 10.2. The molecule has 1 atom stereocenters. The van der Waals surface area contributed by atoms with Crippen molar-refractivity contribution in [3.63, 3.8) is 0 Å². The van der Waals surface area contributed by atoms with E-state index in [-0.39, 0.29) is 30.3 Å². The average molecular weight is 484 g/mol. The van der Waals surface area contributed by atoms with Crippen molar-refractivity contribution < 1.29 is 18.3 Å². The summed E-state index contributed by atoms with van der Waals surface area (Å²) >= 11 is 1.32. The predicted molar refractivity (Wildman–Crippen MR) is 125 cm³/mol. The molecule has 1 aliphatic rings. The van der Waals surface area contributed by atoms with Crippen molar-refractivity contribution in [1.82, 2.24) is 19.3 Å². The molecule has 11 heteroatoms. The zero-order valence-electron chi connectivity index (χ0n) is 17.4. The maximum Gasteiger partial charge on any atom is 0.243 e. The number of thiazole rings is 1. The highest BCUT2D eigenvalue weighted by Crippen LogP contribution is 2.30. The van der Waals surface area contributed by atoms with Crippen molar-refractivity contribution in [2.24, 2.45) is 0 Å². The molecule has 0 bridgehead atoms. The Bertz CT molecular complexity index is 1430. The van der Waals surface area contributed by atoms with Gasteiger partial charge in [-0.2, -0.15) is 4.31 Å². The smallest absolute Gasteiger partial charge is 0.243 e. The van der Waals surface area contributed by atoms with Crippen LogP contribution < -0.4 is 5.32 Å². The van der Waals surface area contributed by atoms with Crippen molar-refractivity contribution in [3.05, 3.63) is 59.7 Å². The van der Waals surface area contributed by atoms with Crippen LogP contribution in [0.1, 0.15) is 12.0 Å². The number of nitrogens with zero attached hydrogens (tertiary/aromatic N) is 3. The van der Waals surface area contributed by atoms with E-state index in [9.17, 15) is 18.3 Å². The number of aliphatic hydroxyl groups excluding tert-OH is 1. The molecule has 4 aromatic rings. The third-order valence-corrected chi connectivity index (χ3v) is 8.12. The van der Waals surface area contributed by atoms with Gasteiger partial charge in [-0.1, -0.05) is 12.1 Å². The number of amides is 1. The molecule has 9 nitrogen and oxygen atoms in total. The minimum Gasteiger partial charge on any atom is -0.392 e. The van der Waals surface area contributed by atoms with Gasteiger partial charge in [0.2, 0.25) is 15.9 Å². The SMILES string of the molecule is O=C(Cc1cccc(S(=O)(=O)N2CCC(O)C2)c1)Nc1nc(-c2c[nH]c3ncccc23)cs1. The Morgan fingerprint density at radius 2 is 2.18 bits per heavy atom. The third kappa shape index (κ3) is 4.40. The number of sulfonamides is 1. The molecule has 1 fully saturated rings. The minimum absolute atomic E-state index is 0.0118. The number of carbonyl (C=O) groups is 1. The second kappa shape index (κ2) is 8.67. The Morgan fingerprint density at radius 3 is 3.00 bits per heavy atom. The van der Waals surface area contributed by atoms with E-state index in [2.05, 4.69) is 20.3 Å². The Kier molecular flexibility index (Phi) is 5.71. The lowest BCUT2D eigenvalue weighted by molar-refractivity contribution is -0.115. The normalized spacial score (nSPS) is 16.9. The van der Waals surface area contributed by atoms with E-state index in [1.807, 2.05) is 23.7 Å². The number of H-pyrrole nitrogens is 1. The monoisotopic (exact) mass is 483 g/mol. The molecule has 1 unspecified atom stereocenters. The number of fused-ring (bicyclic) bond motifs is 1. The van der Waals surface area contributed by atoms with E-state index >= 15 is 0 Å².